The van der Waals surface area contributed by atoms with Crippen molar-refractivity contribution in [1.82, 2.24) is 24.8 Å². The molecule has 110 valence electrons. The van der Waals surface area contributed by atoms with Gasteiger partial charge in [0.15, 0.2) is 16.7 Å². The molecule has 0 aliphatic carbocycles. The van der Waals surface area contributed by atoms with E-state index in [1.54, 1.807) is 6.92 Å². The van der Waals surface area contributed by atoms with Crippen LogP contribution in [0, 0.1) is 18.6 Å². The van der Waals surface area contributed by atoms with Crippen LogP contribution in [0.3, 0.4) is 0 Å². The van der Waals surface area contributed by atoms with Gasteiger partial charge >= 0.3 is 0 Å². The summed E-state index contributed by atoms with van der Waals surface area (Å²) in [5.41, 5.74) is 0.555. The van der Waals surface area contributed by atoms with Crippen molar-refractivity contribution >= 4 is 16.3 Å². The zero-order valence-electron chi connectivity index (χ0n) is 11.1. The van der Waals surface area contributed by atoms with Crippen molar-refractivity contribution in [3.8, 4) is 22.1 Å². The fraction of sp³-hybridized carbons (Fsp3) is 0.0769. The number of rotatable bonds is 2. The molecule has 0 spiro atoms. The van der Waals surface area contributed by atoms with E-state index in [1.807, 2.05) is 0 Å². The van der Waals surface area contributed by atoms with Crippen molar-refractivity contribution in [3.63, 3.8) is 0 Å². The minimum atomic E-state index is -0.595. The highest BCUT2D eigenvalue weighted by atomic mass is 32.1. The summed E-state index contributed by atoms with van der Waals surface area (Å²) >= 11 is 1.23. The lowest BCUT2D eigenvalue weighted by atomic mass is 10.2. The van der Waals surface area contributed by atoms with Gasteiger partial charge < -0.3 is 4.42 Å². The number of oxazole rings is 1. The molecule has 4 aromatic rings. The maximum absolute atomic E-state index is 13.9. The first-order valence-electron chi connectivity index (χ1n) is 6.22. The van der Waals surface area contributed by atoms with Crippen molar-refractivity contribution < 1.29 is 13.2 Å². The lowest BCUT2D eigenvalue weighted by Gasteiger charge is -1.99. The second-order valence-corrected chi connectivity index (χ2v) is 5.46. The summed E-state index contributed by atoms with van der Waals surface area (Å²) in [5, 5.41) is 12.7. The molecular weight excluding hydrogens is 312 g/mol. The summed E-state index contributed by atoms with van der Waals surface area (Å²) < 4.78 is 33.7. The Morgan fingerprint density at radius 1 is 1.23 bits per heavy atom. The van der Waals surface area contributed by atoms with Gasteiger partial charge in [0, 0.05) is 6.92 Å². The molecule has 22 heavy (non-hydrogen) atoms. The molecule has 0 aliphatic heterocycles. The Kier molecular flexibility index (Phi) is 2.76. The van der Waals surface area contributed by atoms with Crippen LogP contribution >= 0.6 is 11.3 Å². The molecule has 3 aromatic heterocycles. The number of fused-ring (bicyclic) bond motifs is 1. The summed E-state index contributed by atoms with van der Waals surface area (Å²) in [7, 11) is 0. The van der Waals surface area contributed by atoms with E-state index in [4.69, 9.17) is 4.42 Å². The van der Waals surface area contributed by atoms with Gasteiger partial charge in [-0.25, -0.2) is 13.8 Å². The van der Waals surface area contributed by atoms with Gasteiger partial charge in [-0.1, -0.05) is 11.3 Å². The summed E-state index contributed by atoms with van der Waals surface area (Å²) in [6.45, 7) is 1.72. The van der Waals surface area contributed by atoms with Gasteiger partial charge in [0.1, 0.15) is 23.6 Å². The molecule has 0 fully saturated rings. The lowest BCUT2D eigenvalue weighted by Crippen LogP contribution is -1.94. The Bertz CT molecular complexity index is 990. The highest BCUT2D eigenvalue weighted by Gasteiger charge is 2.18. The molecule has 0 bridgehead atoms. The number of benzene rings is 1. The van der Waals surface area contributed by atoms with Gasteiger partial charge in [-0.05, 0) is 18.2 Å². The van der Waals surface area contributed by atoms with E-state index in [0.717, 1.165) is 18.2 Å². The third-order valence-electron chi connectivity index (χ3n) is 3.00. The predicted molar refractivity (Wildman–Crippen MR) is 74.2 cm³/mol. The molecule has 0 saturated carbocycles. The Hall–Kier alpha value is -2.68. The second kappa shape index (κ2) is 4.67. The minimum Gasteiger partial charge on any atom is -0.449 e. The monoisotopic (exact) mass is 319 g/mol. The van der Waals surface area contributed by atoms with Crippen LogP contribution in [-0.4, -0.2) is 24.8 Å². The standard InChI is InChI=1S/C13H7F2N5OS/c1-6-16-10(5-21-6)12-19-20-11(17-18-13(20)22-12)8-4-7(14)2-3-9(8)15/h2-5H,1H3. The normalized spacial score (nSPS) is 11.4. The van der Waals surface area contributed by atoms with Crippen LogP contribution in [0.2, 0.25) is 0 Å². The van der Waals surface area contributed by atoms with Crippen LogP contribution in [0.1, 0.15) is 5.89 Å². The summed E-state index contributed by atoms with van der Waals surface area (Å²) in [4.78, 5) is 4.63. The molecule has 3 heterocycles. The third kappa shape index (κ3) is 1.98. The van der Waals surface area contributed by atoms with E-state index in [9.17, 15) is 8.78 Å². The minimum absolute atomic E-state index is 0.000633. The quantitative estimate of drug-likeness (QED) is 0.568. The average Bonchev–Trinajstić information content (AvgIpc) is 3.16. The third-order valence-corrected chi connectivity index (χ3v) is 3.92. The van der Waals surface area contributed by atoms with Crippen LogP contribution in [0.4, 0.5) is 8.78 Å². The smallest absolute Gasteiger partial charge is 0.235 e. The number of aromatic nitrogens is 5. The van der Waals surface area contributed by atoms with Gasteiger partial charge in [-0.3, -0.25) is 0 Å². The largest absolute Gasteiger partial charge is 0.449 e. The van der Waals surface area contributed by atoms with Gasteiger partial charge in [0.25, 0.3) is 0 Å². The molecule has 0 atom stereocenters. The lowest BCUT2D eigenvalue weighted by molar-refractivity contribution is 0.521. The Balaban J connectivity index is 1.89. The SMILES string of the molecule is Cc1nc(-c2nn3c(-c4cc(F)ccc4F)nnc3s2)co1. The molecule has 9 heteroatoms. The van der Waals surface area contributed by atoms with Crippen molar-refractivity contribution in [2.24, 2.45) is 0 Å². The van der Waals surface area contributed by atoms with E-state index in [1.165, 1.54) is 22.1 Å². The van der Waals surface area contributed by atoms with Gasteiger partial charge in [-0.15, -0.1) is 10.2 Å². The summed E-state index contributed by atoms with van der Waals surface area (Å²) in [5.74, 6) is -0.509. The van der Waals surface area contributed by atoms with E-state index in [-0.39, 0.29) is 11.4 Å². The molecular formula is C13H7F2N5OS. The van der Waals surface area contributed by atoms with Crippen molar-refractivity contribution in [2.75, 3.05) is 0 Å². The number of halogens is 2. The summed E-state index contributed by atoms with van der Waals surface area (Å²) in [6, 6.07) is 3.15. The van der Waals surface area contributed by atoms with Crippen molar-refractivity contribution in [3.05, 3.63) is 42.0 Å². The number of hydrogen-bond acceptors (Lipinski definition) is 6. The zero-order valence-corrected chi connectivity index (χ0v) is 11.9. The van der Waals surface area contributed by atoms with Crippen LogP contribution in [-0.2, 0) is 0 Å². The fourth-order valence-electron chi connectivity index (χ4n) is 2.02. The molecule has 0 N–H and O–H groups in total. The maximum Gasteiger partial charge on any atom is 0.235 e. The van der Waals surface area contributed by atoms with E-state index in [0.29, 0.717) is 21.6 Å². The van der Waals surface area contributed by atoms with Gasteiger partial charge in [0.2, 0.25) is 4.96 Å². The van der Waals surface area contributed by atoms with Crippen LogP contribution < -0.4 is 0 Å². The van der Waals surface area contributed by atoms with Gasteiger partial charge in [-0.2, -0.15) is 9.61 Å². The number of nitrogens with zero attached hydrogens (tertiary/aromatic N) is 5. The molecule has 6 nitrogen and oxygen atoms in total. The molecule has 4 rings (SSSR count). The van der Waals surface area contributed by atoms with E-state index in [2.05, 4.69) is 20.3 Å². The second-order valence-electron chi connectivity index (χ2n) is 4.50. The predicted octanol–water partition coefficient (Wildman–Crippen LogP) is 3.09. The van der Waals surface area contributed by atoms with E-state index >= 15 is 0 Å². The highest BCUT2D eigenvalue weighted by molar-refractivity contribution is 7.19. The fourth-order valence-corrected chi connectivity index (χ4v) is 2.81. The first-order chi connectivity index (χ1) is 10.6. The Morgan fingerprint density at radius 2 is 2.09 bits per heavy atom. The highest BCUT2D eigenvalue weighted by Crippen LogP contribution is 2.28. The van der Waals surface area contributed by atoms with Gasteiger partial charge in [0.05, 0.1) is 5.56 Å². The van der Waals surface area contributed by atoms with E-state index < -0.39 is 11.6 Å². The number of aryl methyl sites for hydroxylation is 1. The Labute approximate surface area is 126 Å². The molecule has 1 aromatic carbocycles. The molecule has 0 amide bonds. The van der Waals surface area contributed by atoms with Crippen molar-refractivity contribution in [1.29, 1.82) is 0 Å². The van der Waals surface area contributed by atoms with Crippen LogP contribution in [0.25, 0.3) is 27.1 Å². The molecule has 0 aliphatic rings. The topological polar surface area (TPSA) is 69.1 Å². The zero-order chi connectivity index (χ0) is 15.3. The first kappa shape index (κ1) is 13.0. The van der Waals surface area contributed by atoms with Crippen LogP contribution in [0.5, 0.6) is 0 Å². The number of hydrogen-bond donors (Lipinski definition) is 0. The molecule has 0 saturated heterocycles. The maximum atomic E-state index is 13.9. The molecule has 0 radical (unpaired) electrons. The summed E-state index contributed by atoms with van der Waals surface area (Å²) in [6.07, 6.45) is 1.48. The molecule has 0 unspecified atom stereocenters. The van der Waals surface area contributed by atoms with Crippen molar-refractivity contribution in [2.45, 2.75) is 6.92 Å². The first-order valence-corrected chi connectivity index (χ1v) is 7.03. The average molecular weight is 319 g/mol. The van der Waals surface area contributed by atoms with Crippen LogP contribution in [0.15, 0.2) is 28.9 Å². The Morgan fingerprint density at radius 3 is 2.86 bits per heavy atom.